The third-order valence-corrected chi connectivity index (χ3v) is 4.90. The number of nitrogens with two attached hydrogens (primary N) is 1. The third kappa shape index (κ3) is 4.01. The van der Waals surface area contributed by atoms with Gasteiger partial charge in [0.05, 0.1) is 0 Å². The van der Waals surface area contributed by atoms with Gasteiger partial charge in [-0.2, -0.15) is 0 Å². The molecule has 0 aliphatic rings. The average molecular weight is 322 g/mol. The van der Waals surface area contributed by atoms with Gasteiger partial charge in [-0.15, -0.1) is 0 Å². The fourth-order valence-electron chi connectivity index (χ4n) is 1.98. The third-order valence-electron chi connectivity index (χ3n) is 3.54. The number of halogens is 1. The van der Waals surface area contributed by atoms with E-state index in [4.69, 9.17) is 17.3 Å². The van der Waals surface area contributed by atoms with Gasteiger partial charge in [0.1, 0.15) is 0 Å². The molecule has 0 amide bonds. The van der Waals surface area contributed by atoms with Crippen molar-refractivity contribution in [3.8, 4) is 0 Å². The number of aliphatic hydroxyl groups is 1. The molecule has 0 aliphatic heterocycles. The summed E-state index contributed by atoms with van der Waals surface area (Å²) in [6.45, 7) is 4.00. The molecule has 0 aromatic heterocycles. The maximum atomic E-state index is 9.54. The Morgan fingerprint density at radius 3 is 2.38 bits per heavy atom. The second kappa shape index (κ2) is 6.84. The van der Waals surface area contributed by atoms with E-state index in [0.717, 1.165) is 20.4 Å². The highest BCUT2D eigenvalue weighted by Gasteiger charge is 2.28. The Kier molecular flexibility index (Phi) is 5.33. The molecule has 0 aliphatic carbocycles. The molecular weight excluding hydrogens is 302 g/mol. The van der Waals surface area contributed by atoms with Gasteiger partial charge < -0.3 is 10.8 Å². The molecule has 0 spiro atoms. The fraction of sp³-hybridized carbons (Fsp3) is 0.294. The molecule has 0 radical (unpaired) electrons. The summed E-state index contributed by atoms with van der Waals surface area (Å²) in [6, 6.07) is 15.6. The summed E-state index contributed by atoms with van der Waals surface area (Å²) in [5.41, 5.74) is 7.06. The maximum absolute atomic E-state index is 9.54. The summed E-state index contributed by atoms with van der Waals surface area (Å²) in [6.07, 6.45) is 0. The zero-order chi connectivity index (χ0) is 15.5. The van der Waals surface area contributed by atoms with Gasteiger partial charge in [-0.25, -0.2) is 0 Å². The van der Waals surface area contributed by atoms with E-state index < -0.39 is 0 Å². The van der Waals surface area contributed by atoms with Crippen LogP contribution in [0.25, 0.3) is 0 Å². The molecule has 0 fully saturated rings. The number of aliphatic hydroxyl groups excluding tert-OH is 1. The lowest BCUT2D eigenvalue weighted by molar-refractivity contribution is 0.131. The van der Waals surface area contributed by atoms with Crippen LogP contribution < -0.4 is 5.73 Å². The Morgan fingerprint density at radius 2 is 1.76 bits per heavy atom. The van der Waals surface area contributed by atoms with E-state index >= 15 is 0 Å². The zero-order valence-corrected chi connectivity index (χ0v) is 13.8. The van der Waals surface area contributed by atoms with Crippen molar-refractivity contribution >= 4 is 23.4 Å². The number of rotatable bonds is 5. The van der Waals surface area contributed by atoms with E-state index in [1.807, 2.05) is 56.3 Å². The molecule has 3 N–H and O–H groups in total. The van der Waals surface area contributed by atoms with Crippen molar-refractivity contribution in [1.29, 1.82) is 0 Å². The highest BCUT2D eigenvalue weighted by Crippen LogP contribution is 2.38. The van der Waals surface area contributed by atoms with Crippen LogP contribution >= 0.6 is 23.4 Å². The highest BCUT2D eigenvalue weighted by molar-refractivity contribution is 7.99. The van der Waals surface area contributed by atoms with E-state index in [9.17, 15) is 5.11 Å². The average Bonchev–Trinajstić information content (AvgIpc) is 2.49. The lowest BCUT2D eigenvalue weighted by Gasteiger charge is -2.31. The number of benzene rings is 2. The Balaban J connectivity index is 2.31. The minimum absolute atomic E-state index is 0.0497. The molecule has 2 rings (SSSR count). The van der Waals surface area contributed by atoms with Crippen LogP contribution in [-0.2, 0) is 0 Å². The largest absolute Gasteiger partial charge is 0.396 e. The van der Waals surface area contributed by atoms with Gasteiger partial charge in [0.15, 0.2) is 0 Å². The van der Waals surface area contributed by atoms with Crippen molar-refractivity contribution in [3.05, 3.63) is 59.1 Å². The first-order chi connectivity index (χ1) is 9.94. The van der Waals surface area contributed by atoms with E-state index in [1.54, 1.807) is 11.8 Å². The van der Waals surface area contributed by atoms with Crippen molar-refractivity contribution in [2.75, 3.05) is 6.61 Å². The van der Waals surface area contributed by atoms with Gasteiger partial charge in [-0.05, 0) is 35.9 Å². The van der Waals surface area contributed by atoms with Crippen molar-refractivity contribution < 1.29 is 5.11 Å². The number of hydrogen-bond acceptors (Lipinski definition) is 3. The molecule has 0 bridgehead atoms. The molecule has 0 saturated heterocycles. The Bertz CT molecular complexity index is 598. The molecule has 0 unspecified atom stereocenters. The summed E-state index contributed by atoms with van der Waals surface area (Å²) < 4.78 is 0. The van der Waals surface area contributed by atoms with Gasteiger partial charge in [0, 0.05) is 32.9 Å². The summed E-state index contributed by atoms with van der Waals surface area (Å²) in [4.78, 5) is 2.22. The quantitative estimate of drug-likeness (QED) is 0.851. The molecule has 0 saturated carbocycles. The van der Waals surface area contributed by atoms with Gasteiger partial charge in [0.2, 0.25) is 0 Å². The van der Waals surface area contributed by atoms with Crippen LogP contribution in [0, 0.1) is 5.41 Å². The second-order valence-corrected chi connectivity index (χ2v) is 7.27. The normalized spacial score (nSPS) is 13.2. The summed E-state index contributed by atoms with van der Waals surface area (Å²) in [5.74, 6) is 0. The highest BCUT2D eigenvalue weighted by atomic mass is 35.5. The molecular formula is C17H20ClNOS. The predicted octanol–water partition coefficient (Wildman–Crippen LogP) is 4.51. The molecule has 2 aromatic carbocycles. The standard InChI is InChI=1S/C17H20ClNOS/c1-17(2,11-20)16(19)14-5-3-4-6-15(14)21-13-9-7-12(18)8-10-13/h3-10,16,20H,11,19H2,1-2H3/t16-/m1/s1. The van der Waals surface area contributed by atoms with Crippen LogP contribution in [0.2, 0.25) is 5.02 Å². The van der Waals surface area contributed by atoms with Gasteiger partial charge in [-0.1, -0.05) is 55.4 Å². The maximum Gasteiger partial charge on any atom is 0.0500 e. The van der Waals surface area contributed by atoms with Crippen LogP contribution in [0.4, 0.5) is 0 Å². The Labute approximate surface area is 135 Å². The molecule has 2 aromatic rings. The minimum atomic E-state index is -0.364. The van der Waals surface area contributed by atoms with Crippen LogP contribution in [0.5, 0.6) is 0 Å². The van der Waals surface area contributed by atoms with Gasteiger partial charge >= 0.3 is 0 Å². The van der Waals surface area contributed by atoms with E-state index in [-0.39, 0.29) is 18.1 Å². The SMILES string of the molecule is CC(C)(CO)[C@H](N)c1ccccc1Sc1ccc(Cl)cc1. The molecule has 112 valence electrons. The predicted molar refractivity (Wildman–Crippen MR) is 89.8 cm³/mol. The van der Waals surface area contributed by atoms with Crippen LogP contribution in [0.3, 0.4) is 0 Å². The first kappa shape index (κ1) is 16.4. The number of hydrogen-bond donors (Lipinski definition) is 2. The summed E-state index contributed by atoms with van der Waals surface area (Å²) in [7, 11) is 0. The molecule has 4 heteroatoms. The minimum Gasteiger partial charge on any atom is -0.396 e. The zero-order valence-electron chi connectivity index (χ0n) is 12.2. The van der Waals surface area contributed by atoms with Crippen LogP contribution in [0.1, 0.15) is 25.5 Å². The molecule has 2 nitrogen and oxygen atoms in total. The van der Waals surface area contributed by atoms with Crippen molar-refractivity contribution in [1.82, 2.24) is 0 Å². The lowest BCUT2D eigenvalue weighted by Crippen LogP contribution is -2.32. The van der Waals surface area contributed by atoms with Crippen LogP contribution in [0.15, 0.2) is 58.3 Å². The molecule has 0 heterocycles. The lowest BCUT2D eigenvalue weighted by atomic mass is 9.82. The van der Waals surface area contributed by atoms with E-state index in [1.165, 1.54) is 0 Å². The summed E-state index contributed by atoms with van der Waals surface area (Å²) in [5, 5.41) is 10.3. The first-order valence-corrected chi connectivity index (χ1v) is 8.02. The Morgan fingerprint density at radius 1 is 1.14 bits per heavy atom. The summed E-state index contributed by atoms with van der Waals surface area (Å²) >= 11 is 7.58. The van der Waals surface area contributed by atoms with E-state index in [0.29, 0.717) is 0 Å². The smallest absolute Gasteiger partial charge is 0.0500 e. The van der Waals surface area contributed by atoms with Crippen molar-refractivity contribution in [2.45, 2.75) is 29.7 Å². The van der Waals surface area contributed by atoms with Gasteiger partial charge in [0.25, 0.3) is 0 Å². The van der Waals surface area contributed by atoms with Crippen molar-refractivity contribution in [3.63, 3.8) is 0 Å². The fourth-order valence-corrected chi connectivity index (χ4v) is 3.09. The van der Waals surface area contributed by atoms with Gasteiger partial charge in [-0.3, -0.25) is 0 Å². The molecule has 1 atom stereocenters. The van der Waals surface area contributed by atoms with Crippen molar-refractivity contribution in [2.24, 2.45) is 11.1 Å². The monoisotopic (exact) mass is 321 g/mol. The first-order valence-electron chi connectivity index (χ1n) is 6.83. The van der Waals surface area contributed by atoms with Crippen LogP contribution in [-0.4, -0.2) is 11.7 Å². The molecule has 21 heavy (non-hydrogen) atoms. The Hall–Kier alpha value is -1.00. The van der Waals surface area contributed by atoms with E-state index in [2.05, 4.69) is 6.07 Å². The second-order valence-electron chi connectivity index (χ2n) is 5.72. The topological polar surface area (TPSA) is 46.2 Å².